The molecule has 3 heterocycles. The number of carbonyl (C=O) groups is 1. The molecule has 3 saturated carbocycles. The number of nitrogens with zero attached hydrogens (tertiary/aromatic N) is 4. The second-order valence-corrected chi connectivity index (χ2v) is 11.9. The third-order valence-corrected chi connectivity index (χ3v) is 9.81. The fourth-order valence-corrected chi connectivity index (χ4v) is 7.78. The number of pyridine rings is 1. The molecule has 3 fully saturated rings. The Bertz CT molecular complexity index is 1160. The molecule has 0 radical (unpaired) electrons. The maximum atomic E-state index is 13.9. The van der Waals surface area contributed by atoms with Crippen LogP contribution in [0.25, 0.3) is 22.3 Å². The van der Waals surface area contributed by atoms with Crippen LogP contribution < -0.4 is 5.32 Å². The van der Waals surface area contributed by atoms with Crippen LogP contribution >= 0.6 is 0 Å². The second kappa shape index (κ2) is 8.36. The standard InChI is InChI=1S/C21H21FN5O2.CH2.Tl/c1-29-21(28)18-11-2-4-12(5-3-11)19(18)27-17-10-23-9-16(26-17)15-8-25-20-14(15)6-13(22)7-24-20;;/h6-12,18-19H,2-5H2,1H3,(H-,24,25,26,27);1H2;/q-1;;+1/t11?,12?,18-,19-;;/m0../s1. The molecule has 9 heteroatoms. The third-order valence-electron chi connectivity index (χ3n) is 6.75. The van der Waals surface area contributed by atoms with Gasteiger partial charge in [-0.05, 0) is 0 Å². The van der Waals surface area contributed by atoms with Gasteiger partial charge in [0.25, 0.3) is 0 Å². The molecule has 0 unspecified atom stereocenters. The van der Waals surface area contributed by atoms with Crippen molar-refractivity contribution in [3.05, 3.63) is 36.7 Å². The Morgan fingerprint density at radius 2 is 2.03 bits per heavy atom. The molecule has 31 heavy (non-hydrogen) atoms. The molecule has 2 atom stereocenters. The number of halogens is 1. The number of nitrogens with one attached hydrogen (secondary N) is 1. The Balaban J connectivity index is 1.50. The number of ether oxygens (including phenoxy) is 1. The van der Waals surface area contributed by atoms with Crippen LogP contribution in [0.4, 0.5) is 10.2 Å². The summed E-state index contributed by atoms with van der Waals surface area (Å²) in [5, 5.41) is 4.22. The van der Waals surface area contributed by atoms with Crippen molar-refractivity contribution in [2.45, 2.75) is 31.7 Å². The SMILES string of the molecule is [CH2]=[Tl][n]1cc(-c2cncc(N[C@H]3C4CCC(CC4)[C@@H]3C(=O)OC)n2)c2cc(F)cnc21. The molecule has 7 nitrogen and oxygen atoms in total. The summed E-state index contributed by atoms with van der Waals surface area (Å²) in [6, 6.07) is 1.48. The number of carbonyl (C=O) groups excluding carboxylic acids is 1. The van der Waals surface area contributed by atoms with E-state index >= 15 is 0 Å². The second-order valence-electron chi connectivity index (χ2n) is 8.34. The van der Waals surface area contributed by atoms with Gasteiger partial charge in [0.2, 0.25) is 0 Å². The zero-order chi connectivity index (χ0) is 21.5. The fourth-order valence-electron chi connectivity index (χ4n) is 5.32. The summed E-state index contributed by atoms with van der Waals surface area (Å²) in [4.78, 5) is 25.9. The minimum absolute atomic E-state index is 0.0130. The van der Waals surface area contributed by atoms with E-state index in [1.165, 1.54) is 19.4 Å². The van der Waals surface area contributed by atoms with E-state index in [9.17, 15) is 9.18 Å². The summed E-state index contributed by atoms with van der Waals surface area (Å²) >= 11 is -1.46. The number of esters is 1. The van der Waals surface area contributed by atoms with Crippen LogP contribution in [0.15, 0.2) is 30.9 Å². The van der Waals surface area contributed by atoms with Gasteiger partial charge in [-0.25, -0.2) is 0 Å². The predicted molar refractivity (Wildman–Crippen MR) is 117 cm³/mol. The number of hydrogen-bond donors (Lipinski definition) is 1. The van der Waals surface area contributed by atoms with E-state index in [4.69, 9.17) is 9.72 Å². The first-order chi connectivity index (χ1) is 15.1. The van der Waals surface area contributed by atoms with Gasteiger partial charge < -0.3 is 0 Å². The monoisotopic (exact) mass is 613 g/mol. The molecule has 0 spiro atoms. The quantitative estimate of drug-likeness (QED) is 0.353. The van der Waals surface area contributed by atoms with Crippen molar-refractivity contribution in [1.82, 2.24) is 17.3 Å². The number of aromatic nitrogens is 4. The maximum absolute atomic E-state index is 13.9. The van der Waals surface area contributed by atoms with E-state index < -0.39 is 24.0 Å². The molecule has 3 aliphatic carbocycles. The van der Waals surface area contributed by atoms with Crippen LogP contribution in [-0.2, 0) is 9.53 Å². The average molecular weight is 613 g/mol. The van der Waals surface area contributed by atoms with E-state index in [0.29, 0.717) is 23.3 Å². The minimum atomic E-state index is -1.46. The summed E-state index contributed by atoms with van der Waals surface area (Å²) < 4.78 is 25.2. The van der Waals surface area contributed by atoms with E-state index in [1.54, 1.807) is 12.4 Å². The molecule has 0 aliphatic heterocycles. The van der Waals surface area contributed by atoms with Crippen LogP contribution in [0, 0.1) is 23.6 Å². The first-order valence-corrected chi connectivity index (χ1v) is 15.7. The molecule has 3 aliphatic rings. The average Bonchev–Trinajstić information content (AvgIpc) is 3.17. The van der Waals surface area contributed by atoms with E-state index in [0.717, 1.165) is 42.3 Å². The van der Waals surface area contributed by atoms with Crippen molar-refractivity contribution in [1.29, 1.82) is 0 Å². The number of methoxy groups -OCH3 is 1. The predicted octanol–water partition coefficient (Wildman–Crippen LogP) is 2.92. The van der Waals surface area contributed by atoms with Gasteiger partial charge in [0, 0.05) is 0 Å². The molecular weight excluding hydrogens is 590 g/mol. The van der Waals surface area contributed by atoms with Crippen molar-refractivity contribution in [3.63, 3.8) is 0 Å². The van der Waals surface area contributed by atoms with E-state index in [2.05, 4.69) is 21.7 Å². The molecular formula is C22H23FN5O2Tl. The van der Waals surface area contributed by atoms with Crippen LogP contribution in [-0.4, -0.2) is 64.6 Å². The van der Waals surface area contributed by atoms with Crippen LogP contribution in [0.2, 0.25) is 0 Å². The molecule has 158 valence electrons. The number of fused-ring (bicyclic) bond motifs is 4. The molecule has 3 aromatic heterocycles. The van der Waals surface area contributed by atoms with Gasteiger partial charge in [0.15, 0.2) is 0 Å². The first kappa shape index (κ1) is 20.7. The van der Waals surface area contributed by atoms with Crippen molar-refractivity contribution in [2.75, 3.05) is 12.4 Å². The van der Waals surface area contributed by atoms with Crippen LogP contribution in [0.1, 0.15) is 25.7 Å². The van der Waals surface area contributed by atoms with Gasteiger partial charge in [-0.1, -0.05) is 0 Å². The first-order valence-electron chi connectivity index (χ1n) is 10.5. The topological polar surface area (TPSA) is 81.9 Å². The Kier molecular flexibility index (Phi) is 5.57. The Hall–Kier alpha value is -2.24. The summed E-state index contributed by atoms with van der Waals surface area (Å²) in [6.07, 6.45) is 10.9. The van der Waals surface area contributed by atoms with Crippen molar-refractivity contribution >= 4 is 50.9 Å². The Morgan fingerprint density at radius 3 is 2.77 bits per heavy atom. The third kappa shape index (κ3) is 3.68. The van der Waals surface area contributed by atoms with Crippen molar-refractivity contribution in [3.8, 4) is 11.3 Å². The molecule has 1 N–H and O–H groups in total. The van der Waals surface area contributed by atoms with E-state index in [1.807, 2.05) is 6.20 Å². The Labute approximate surface area is 191 Å². The van der Waals surface area contributed by atoms with E-state index in [-0.39, 0.29) is 23.7 Å². The summed E-state index contributed by atoms with van der Waals surface area (Å²) in [7, 11) is 1.46. The molecule has 6 rings (SSSR count). The van der Waals surface area contributed by atoms with Gasteiger partial charge in [-0.2, -0.15) is 0 Å². The molecule has 0 amide bonds. The van der Waals surface area contributed by atoms with Crippen molar-refractivity contribution in [2.24, 2.45) is 17.8 Å². The summed E-state index contributed by atoms with van der Waals surface area (Å²) in [5.74, 6) is 0.688. The van der Waals surface area contributed by atoms with Crippen LogP contribution in [0.3, 0.4) is 0 Å². The fraction of sp³-hybridized carbons (Fsp3) is 0.409. The number of anilines is 1. The zero-order valence-electron chi connectivity index (χ0n) is 17.3. The van der Waals surface area contributed by atoms with Gasteiger partial charge in [0.05, 0.1) is 0 Å². The summed E-state index contributed by atoms with van der Waals surface area (Å²) in [5.41, 5.74) is 2.20. The number of hydrogen-bond acceptors (Lipinski definition) is 6. The molecule has 3 aromatic rings. The number of rotatable bonds is 5. The van der Waals surface area contributed by atoms with Crippen LogP contribution in [0.5, 0.6) is 0 Å². The normalized spacial score (nSPS) is 24.7. The van der Waals surface area contributed by atoms with Gasteiger partial charge in [0.1, 0.15) is 0 Å². The Morgan fingerprint density at radius 1 is 1.26 bits per heavy atom. The summed E-state index contributed by atoms with van der Waals surface area (Å²) in [6.45, 7) is 0. The van der Waals surface area contributed by atoms with Gasteiger partial charge >= 0.3 is 192 Å². The molecule has 0 saturated heterocycles. The zero-order valence-corrected chi connectivity index (χ0v) is 21.8. The molecule has 0 aromatic carbocycles. The van der Waals surface area contributed by atoms with Crippen molar-refractivity contribution < 1.29 is 13.9 Å². The molecule has 2 bridgehead atoms. The van der Waals surface area contributed by atoms with Gasteiger partial charge in [-0.15, -0.1) is 0 Å². The van der Waals surface area contributed by atoms with Gasteiger partial charge in [-0.3, -0.25) is 0 Å².